The summed E-state index contributed by atoms with van der Waals surface area (Å²) in [5, 5.41) is 10.6. The third-order valence-electron chi connectivity index (χ3n) is 2.73. The number of furan rings is 1. The van der Waals surface area contributed by atoms with Crippen LogP contribution in [0, 0.1) is 17.0 Å². The summed E-state index contributed by atoms with van der Waals surface area (Å²) in [6, 6.07) is 8.01. The molecule has 0 spiro atoms. The predicted octanol–water partition coefficient (Wildman–Crippen LogP) is 2.39. The van der Waals surface area contributed by atoms with Gasteiger partial charge < -0.3 is 4.42 Å². The molecule has 0 aliphatic heterocycles. The van der Waals surface area contributed by atoms with E-state index in [1.54, 1.807) is 25.1 Å². The predicted molar refractivity (Wildman–Crippen MR) is 77.8 cm³/mol. The third-order valence-corrected chi connectivity index (χ3v) is 3.77. The van der Waals surface area contributed by atoms with Gasteiger partial charge in [-0.3, -0.25) is 20.3 Å². The van der Waals surface area contributed by atoms with Crippen molar-refractivity contribution in [3.05, 3.63) is 57.5 Å². The van der Waals surface area contributed by atoms with Gasteiger partial charge in [0.15, 0.2) is 5.76 Å². The van der Waals surface area contributed by atoms with Crippen LogP contribution >= 0.6 is 11.8 Å². The number of hydrogen-bond acceptors (Lipinski definition) is 6. The molecule has 21 heavy (non-hydrogen) atoms. The number of rotatable bonds is 5. The number of amides is 1. The number of aryl methyl sites for hydroxylation is 1. The van der Waals surface area contributed by atoms with Crippen LogP contribution in [0.5, 0.6) is 0 Å². The zero-order valence-electron chi connectivity index (χ0n) is 11.2. The SMILES string of the molecule is Cc1cc(CSc2ccc([N+](=O)[O-])cc2)oc1C(=O)NN. The molecule has 0 atom stereocenters. The van der Waals surface area contributed by atoms with Crippen molar-refractivity contribution in [1.82, 2.24) is 5.43 Å². The smallest absolute Gasteiger partial charge is 0.301 e. The van der Waals surface area contributed by atoms with Gasteiger partial charge in [-0.25, -0.2) is 5.84 Å². The molecule has 2 aromatic rings. The second kappa shape index (κ2) is 6.42. The molecule has 0 unspecified atom stereocenters. The van der Waals surface area contributed by atoms with E-state index in [9.17, 15) is 14.9 Å². The van der Waals surface area contributed by atoms with Gasteiger partial charge in [0.25, 0.3) is 5.69 Å². The summed E-state index contributed by atoms with van der Waals surface area (Å²) in [5.74, 6) is 5.93. The average Bonchev–Trinajstić information content (AvgIpc) is 2.86. The number of carbonyl (C=O) groups excluding carboxylic acids is 1. The lowest BCUT2D eigenvalue weighted by atomic mass is 10.2. The fraction of sp³-hybridized carbons (Fsp3) is 0.154. The monoisotopic (exact) mass is 307 g/mol. The largest absolute Gasteiger partial charge is 0.455 e. The average molecular weight is 307 g/mol. The van der Waals surface area contributed by atoms with Crippen molar-refractivity contribution in [2.24, 2.45) is 5.84 Å². The van der Waals surface area contributed by atoms with E-state index in [0.29, 0.717) is 17.1 Å². The van der Waals surface area contributed by atoms with Crippen LogP contribution < -0.4 is 11.3 Å². The van der Waals surface area contributed by atoms with Gasteiger partial charge in [-0.1, -0.05) is 0 Å². The number of nitrogens with one attached hydrogen (secondary N) is 1. The van der Waals surface area contributed by atoms with Crippen molar-refractivity contribution in [2.45, 2.75) is 17.6 Å². The highest BCUT2D eigenvalue weighted by Crippen LogP contribution is 2.26. The molecule has 0 aliphatic carbocycles. The molecule has 1 heterocycles. The number of hydrogen-bond donors (Lipinski definition) is 2. The Morgan fingerprint density at radius 2 is 2.10 bits per heavy atom. The first kappa shape index (κ1) is 15.1. The minimum atomic E-state index is -0.473. The summed E-state index contributed by atoms with van der Waals surface area (Å²) in [6.45, 7) is 1.76. The number of nitro benzene ring substituents is 1. The molecule has 0 saturated carbocycles. The second-order valence-electron chi connectivity index (χ2n) is 4.24. The van der Waals surface area contributed by atoms with Crippen molar-refractivity contribution in [1.29, 1.82) is 0 Å². The highest BCUT2D eigenvalue weighted by molar-refractivity contribution is 7.98. The molecule has 0 bridgehead atoms. The lowest BCUT2D eigenvalue weighted by Gasteiger charge is -1.99. The van der Waals surface area contributed by atoms with Crippen LogP contribution in [-0.2, 0) is 5.75 Å². The molecular weight excluding hydrogens is 294 g/mol. The molecule has 110 valence electrons. The summed E-state index contributed by atoms with van der Waals surface area (Å²) in [7, 11) is 0. The Balaban J connectivity index is 2.03. The van der Waals surface area contributed by atoms with Crippen LogP contribution in [0.1, 0.15) is 21.9 Å². The van der Waals surface area contributed by atoms with Crippen LogP contribution in [0.3, 0.4) is 0 Å². The van der Waals surface area contributed by atoms with E-state index in [-0.39, 0.29) is 11.4 Å². The molecule has 2 rings (SSSR count). The zero-order valence-corrected chi connectivity index (χ0v) is 12.0. The van der Waals surface area contributed by atoms with Crippen molar-refractivity contribution >= 4 is 23.4 Å². The number of nitrogens with two attached hydrogens (primary N) is 1. The van der Waals surface area contributed by atoms with Gasteiger partial charge in [-0.05, 0) is 25.1 Å². The normalized spacial score (nSPS) is 10.4. The lowest BCUT2D eigenvalue weighted by molar-refractivity contribution is -0.384. The van der Waals surface area contributed by atoms with Crippen LogP contribution in [-0.4, -0.2) is 10.8 Å². The summed E-state index contributed by atoms with van der Waals surface area (Å²) in [4.78, 5) is 22.4. The molecule has 1 amide bonds. The Morgan fingerprint density at radius 3 is 2.67 bits per heavy atom. The molecule has 0 saturated heterocycles. The van der Waals surface area contributed by atoms with Gasteiger partial charge in [0.05, 0.1) is 10.7 Å². The number of hydrazine groups is 1. The number of nitro groups is 1. The zero-order chi connectivity index (χ0) is 15.4. The van der Waals surface area contributed by atoms with E-state index >= 15 is 0 Å². The maximum absolute atomic E-state index is 11.4. The molecule has 0 radical (unpaired) electrons. The van der Waals surface area contributed by atoms with Crippen molar-refractivity contribution in [3.8, 4) is 0 Å². The minimum Gasteiger partial charge on any atom is -0.455 e. The lowest BCUT2D eigenvalue weighted by Crippen LogP contribution is -2.30. The number of benzene rings is 1. The first-order chi connectivity index (χ1) is 10.0. The van der Waals surface area contributed by atoms with Crippen LogP contribution in [0.4, 0.5) is 5.69 Å². The number of thioether (sulfide) groups is 1. The standard InChI is InChI=1S/C13H13N3O4S/c1-8-6-10(20-12(8)13(17)15-14)7-21-11-4-2-9(3-5-11)16(18)19/h2-6H,7,14H2,1H3,(H,15,17). The molecule has 7 nitrogen and oxygen atoms in total. The third kappa shape index (κ3) is 3.61. The number of carbonyl (C=O) groups is 1. The summed E-state index contributed by atoms with van der Waals surface area (Å²) >= 11 is 1.46. The molecular formula is C13H13N3O4S. The maximum atomic E-state index is 11.4. The molecule has 1 aromatic carbocycles. The quantitative estimate of drug-likeness (QED) is 0.288. The van der Waals surface area contributed by atoms with E-state index < -0.39 is 10.8 Å². The summed E-state index contributed by atoms with van der Waals surface area (Å²) < 4.78 is 5.43. The summed E-state index contributed by atoms with van der Waals surface area (Å²) in [6.07, 6.45) is 0. The number of non-ortho nitro benzene ring substituents is 1. The van der Waals surface area contributed by atoms with Gasteiger partial charge in [0, 0.05) is 22.6 Å². The first-order valence-electron chi connectivity index (χ1n) is 5.98. The van der Waals surface area contributed by atoms with Crippen molar-refractivity contribution in [3.63, 3.8) is 0 Å². The van der Waals surface area contributed by atoms with Crippen LogP contribution in [0.2, 0.25) is 0 Å². The Hall–Kier alpha value is -2.32. The Kier molecular flexibility index (Phi) is 4.61. The van der Waals surface area contributed by atoms with Crippen molar-refractivity contribution in [2.75, 3.05) is 0 Å². The Morgan fingerprint density at radius 1 is 1.43 bits per heavy atom. The van der Waals surface area contributed by atoms with Crippen LogP contribution in [0.25, 0.3) is 0 Å². The fourth-order valence-corrected chi connectivity index (χ4v) is 2.51. The molecule has 1 aromatic heterocycles. The maximum Gasteiger partial charge on any atom is 0.301 e. The van der Waals surface area contributed by atoms with E-state index in [4.69, 9.17) is 10.3 Å². The van der Waals surface area contributed by atoms with E-state index in [1.807, 2.05) is 5.43 Å². The number of nitrogens with zero attached hydrogens (tertiary/aromatic N) is 1. The van der Waals surface area contributed by atoms with E-state index in [2.05, 4.69) is 0 Å². The highest BCUT2D eigenvalue weighted by Gasteiger charge is 2.14. The Labute approximate surface area is 124 Å². The minimum absolute atomic E-state index is 0.0510. The fourth-order valence-electron chi connectivity index (χ4n) is 1.73. The van der Waals surface area contributed by atoms with Gasteiger partial charge in [-0.2, -0.15) is 0 Å². The Bertz CT molecular complexity index is 667. The van der Waals surface area contributed by atoms with Crippen molar-refractivity contribution < 1.29 is 14.1 Å². The van der Waals surface area contributed by atoms with E-state index in [1.165, 1.54) is 23.9 Å². The van der Waals surface area contributed by atoms with Gasteiger partial charge in [-0.15, -0.1) is 11.8 Å². The van der Waals surface area contributed by atoms with Crippen LogP contribution in [0.15, 0.2) is 39.6 Å². The second-order valence-corrected chi connectivity index (χ2v) is 5.29. The molecule has 8 heteroatoms. The van der Waals surface area contributed by atoms with Gasteiger partial charge in [0.1, 0.15) is 5.76 Å². The summed E-state index contributed by atoms with van der Waals surface area (Å²) in [5.41, 5.74) is 2.78. The number of nitrogen functional groups attached to an aromatic ring is 1. The topological polar surface area (TPSA) is 111 Å². The molecule has 0 fully saturated rings. The first-order valence-corrected chi connectivity index (χ1v) is 6.97. The highest BCUT2D eigenvalue weighted by atomic mass is 32.2. The van der Waals surface area contributed by atoms with Gasteiger partial charge in [0.2, 0.25) is 0 Å². The molecule has 3 N–H and O–H groups in total. The molecule has 0 aliphatic rings. The van der Waals surface area contributed by atoms with Gasteiger partial charge >= 0.3 is 5.91 Å². The van der Waals surface area contributed by atoms with E-state index in [0.717, 1.165) is 4.90 Å².